The molecule has 10 heteroatoms. The van der Waals surface area contributed by atoms with Crippen LogP contribution in [0.5, 0.6) is 0 Å². The number of carbonyl (C=O) groups is 4. The molecule has 2 rings (SSSR count). The number of hydrazine groups is 1. The van der Waals surface area contributed by atoms with Gasteiger partial charge in [-0.2, -0.15) is 5.01 Å². The highest BCUT2D eigenvalue weighted by atomic mass is 35.5. The summed E-state index contributed by atoms with van der Waals surface area (Å²) >= 11 is 6.17. The predicted octanol–water partition coefficient (Wildman–Crippen LogP) is 1.89. The minimum absolute atomic E-state index is 0.199. The molecular weight excluding hydrogens is 398 g/mol. The van der Waals surface area contributed by atoms with Crippen LogP contribution in [0, 0.1) is 5.92 Å². The van der Waals surface area contributed by atoms with Gasteiger partial charge in [-0.25, -0.2) is 4.79 Å². The summed E-state index contributed by atoms with van der Waals surface area (Å²) in [5, 5.41) is 9.10. The van der Waals surface area contributed by atoms with E-state index in [1.54, 1.807) is 26.0 Å². The lowest BCUT2D eigenvalue weighted by atomic mass is 10.00. The molecule has 1 atom stereocenters. The number of hydrogen-bond acceptors (Lipinski definition) is 5. The highest BCUT2D eigenvalue weighted by molar-refractivity contribution is 6.34. The van der Waals surface area contributed by atoms with E-state index in [0.717, 1.165) is 0 Å². The van der Waals surface area contributed by atoms with Crippen molar-refractivity contribution < 1.29 is 19.2 Å². The topological polar surface area (TPSA) is 120 Å². The first kappa shape index (κ1) is 22.5. The van der Waals surface area contributed by atoms with Gasteiger partial charge in [-0.15, -0.1) is 0 Å². The van der Waals surface area contributed by atoms with E-state index in [1.165, 1.54) is 6.07 Å². The molecule has 0 aromatic heterocycles. The largest absolute Gasteiger partial charge is 0.376 e. The minimum Gasteiger partial charge on any atom is -0.376 e. The van der Waals surface area contributed by atoms with Crippen LogP contribution in [0.1, 0.15) is 44.5 Å². The summed E-state index contributed by atoms with van der Waals surface area (Å²) in [4.78, 5) is 48.4. The fourth-order valence-electron chi connectivity index (χ4n) is 2.57. The van der Waals surface area contributed by atoms with Gasteiger partial charge < -0.3 is 16.0 Å². The number of nitrogens with one attached hydrogen (secondary N) is 4. The highest BCUT2D eigenvalue weighted by Gasteiger charge is 2.47. The van der Waals surface area contributed by atoms with Gasteiger partial charge in [-0.3, -0.25) is 19.8 Å². The van der Waals surface area contributed by atoms with Crippen molar-refractivity contribution in [2.24, 2.45) is 5.92 Å². The zero-order valence-corrected chi connectivity index (χ0v) is 17.6. The quantitative estimate of drug-likeness (QED) is 0.476. The molecule has 0 spiro atoms. The van der Waals surface area contributed by atoms with Gasteiger partial charge in [0.15, 0.2) is 0 Å². The van der Waals surface area contributed by atoms with E-state index in [-0.39, 0.29) is 17.5 Å². The van der Waals surface area contributed by atoms with Gasteiger partial charge in [0.2, 0.25) is 0 Å². The third-order valence-corrected chi connectivity index (χ3v) is 4.85. The molecule has 0 saturated carbocycles. The summed E-state index contributed by atoms with van der Waals surface area (Å²) < 4.78 is 0. The first-order valence-electron chi connectivity index (χ1n) is 9.35. The molecule has 1 saturated heterocycles. The fraction of sp³-hybridized carbons (Fsp3) is 0.474. The van der Waals surface area contributed by atoms with E-state index in [9.17, 15) is 19.2 Å². The van der Waals surface area contributed by atoms with E-state index >= 15 is 0 Å². The number of carbonyl (C=O) groups excluding carboxylic acids is 4. The van der Waals surface area contributed by atoms with Crippen LogP contribution in [-0.2, 0) is 9.59 Å². The number of benzene rings is 1. The SMILES string of the molecule is CCC1(C)NC(=O)N(NC(=O)CNc2ccc(C(=O)NCC(C)C)c(Cl)c2)C1=O. The normalized spacial score (nSPS) is 18.6. The average molecular weight is 424 g/mol. The molecule has 1 aliphatic rings. The number of amides is 5. The molecule has 0 bridgehead atoms. The lowest BCUT2D eigenvalue weighted by Crippen LogP contribution is -2.50. The standard InChI is InChI=1S/C19H26ClN5O4/c1-5-19(4)17(28)25(18(29)23-19)24-15(26)10-21-12-6-7-13(14(20)8-12)16(27)22-9-11(2)3/h6-8,11,21H,5,9-10H2,1-4H3,(H,22,27)(H,23,29)(H,24,26). The van der Waals surface area contributed by atoms with Crippen molar-refractivity contribution in [1.82, 2.24) is 21.1 Å². The van der Waals surface area contributed by atoms with Crippen LogP contribution in [0.15, 0.2) is 18.2 Å². The van der Waals surface area contributed by atoms with Crippen LogP contribution in [0.25, 0.3) is 0 Å². The Labute approximate surface area is 174 Å². The number of halogens is 1. The third kappa shape index (κ3) is 5.38. The van der Waals surface area contributed by atoms with E-state index in [4.69, 9.17) is 11.6 Å². The summed E-state index contributed by atoms with van der Waals surface area (Å²) in [6, 6.07) is 4.03. The van der Waals surface area contributed by atoms with Crippen molar-refractivity contribution >= 4 is 41.0 Å². The Morgan fingerprint density at radius 2 is 1.97 bits per heavy atom. The number of imide groups is 1. The maximum absolute atomic E-state index is 12.3. The van der Waals surface area contributed by atoms with Crippen molar-refractivity contribution in [3.63, 3.8) is 0 Å². The molecular formula is C19H26ClN5O4. The van der Waals surface area contributed by atoms with E-state index < -0.39 is 23.4 Å². The smallest absolute Gasteiger partial charge is 0.344 e. The van der Waals surface area contributed by atoms with E-state index in [1.807, 2.05) is 13.8 Å². The maximum Gasteiger partial charge on any atom is 0.344 e. The van der Waals surface area contributed by atoms with Gasteiger partial charge >= 0.3 is 6.03 Å². The molecule has 29 heavy (non-hydrogen) atoms. The average Bonchev–Trinajstić information content (AvgIpc) is 2.88. The first-order chi connectivity index (χ1) is 13.6. The molecule has 1 aromatic carbocycles. The van der Waals surface area contributed by atoms with Gasteiger partial charge in [-0.05, 0) is 37.5 Å². The molecule has 1 fully saturated rings. The van der Waals surface area contributed by atoms with Crippen LogP contribution in [0.4, 0.5) is 10.5 Å². The Morgan fingerprint density at radius 3 is 2.52 bits per heavy atom. The van der Waals surface area contributed by atoms with Crippen molar-refractivity contribution in [3.05, 3.63) is 28.8 Å². The summed E-state index contributed by atoms with van der Waals surface area (Å²) in [5.41, 5.74) is 2.10. The lowest BCUT2D eigenvalue weighted by Gasteiger charge is -2.19. The molecule has 5 amide bonds. The molecule has 0 aliphatic carbocycles. The Bertz CT molecular complexity index is 829. The second-order valence-corrected chi connectivity index (χ2v) is 7.85. The molecule has 1 aromatic rings. The van der Waals surface area contributed by atoms with Crippen LogP contribution in [0.2, 0.25) is 5.02 Å². The Morgan fingerprint density at radius 1 is 1.28 bits per heavy atom. The summed E-state index contributed by atoms with van der Waals surface area (Å²) in [6.45, 7) is 7.68. The number of anilines is 1. The van der Waals surface area contributed by atoms with Gasteiger partial charge in [0, 0.05) is 12.2 Å². The lowest BCUT2D eigenvalue weighted by molar-refractivity contribution is -0.138. The minimum atomic E-state index is -1.03. The van der Waals surface area contributed by atoms with Crippen molar-refractivity contribution in [1.29, 1.82) is 0 Å². The second-order valence-electron chi connectivity index (χ2n) is 7.44. The first-order valence-corrected chi connectivity index (χ1v) is 9.73. The second kappa shape index (κ2) is 9.13. The monoisotopic (exact) mass is 423 g/mol. The molecule has 0 radical (unpaired) electrons. The highest BCUT2D eigenvalue weighted by Crippen LogP contribution is 2.21. The van der Waals surface area contributed by atoms with Gasteiger partial charge in [0.25, 0.3) is 17.7 Å². The Hall–Kier alpha value is -2.81. The number of nitrogens with zero attached hydrogens (tertiary/aromatic N) is 1. The fourth-order valence-corrected chi connectivity index (χ4v) is 2.84. The van der Waals surface area contributed by atoms with E-state index in [2.05, 4.69) is 21.4 Å². The molecule has 9 nitrogen and oxygen atoms in total. The van der Waals surface area contributed by atoms with Crippen LogP contribution in [-0.4, -0.2) is 47.4 Å². The Kier molecular flexibility index (Phi) is 7.07. The van der Waals surface area contributed by atoms with Crippen LogP contribution < -0.4 is 21.4 Å². The van der Waals surface area contributed by atoms with Gasteiger partial charge in [0.05, 0.1) is 17.1 Å². The van der Waals surface area contributed by atoms with Crippen LogP contribution in [0.3, 0.4) is 0 Å². The van der Waals surface area contributed by atoms with Gasteiger partial charge in [-0.1, -0.05) is 32.4 Å². The molecule has 158 valence electrons. The zero-order valence-electron chi connectivity index (χ0n) is 16.9. The van der Waals surface area contributed by atoms with E-state index in [0.29, 0.717) is 35.1 Å². The third-order valence-electron chi connectivity index (χ3n) is 4.54. The number of urea groups is 1. The summed E-state index contributed by atoms with van der Waals surface area (Å²) in [5.74, 6) is -1.05. The van der Waals surface area contributed by atoms with Gasteiger partial charge in [0.1, 0.15) is 5.54 Å². The summed E-state index contributed by atoms with van der Waals surface area (Å²) in [6.07, 6.45) is 0.401. The maximum atomic E-state index is 12.3. The number of hydrogen-bond donors (Lipinski definition) is 4. The molecule has 4 N–H and O–H groups in total. The molecule has 1 heterocycles. The molecule has 1 unspecified atom stereocenters. The Balaban J connectivity index is 1.92. The summed E-state index contributed by atoms with van der Waals surface area (Å²) in [7, 11) is 0. The predicted molar refractivity (Wildman–Crippen MR) is 109 cm³/mol. The van der Waals surface area contributed by atoms with Crippen LogP contribution >= 0.6 is 11.6 Å². The van der Waals surface area contributed by atoms with Crippen molar-refractivity contribution in [3.8, 4) is 0 Å². The number of rotatable bonds is 8. The van der Waals surface area contributed by atoms with Crippen molar-refractivity contribution in [2.75, 3.05) is 18.4 Å². The molecule has 1 aliphatic heterocycles. The van der Waals surface area contributed by atoms with Crippen molar-refractivity contribution in [2.45, 2.75) is 39.7 Å². The zero-order chi connectivity index (χ0) is 21.8.